The SMILES string of the molecule is CC(C)CCCC(C)CCCC1CCC(COS)C(OS)C1. The molecule has 0 aromatic heterocycles. The molecule has 0 aromatic carbocycles. The molecule has 4 unspecified atom stereocenters. The number of hydrogen-bond donors (Lipinski definition) is 2. The highest BCUT2D eigenvalue weighted by Crippen LogP contribution is 2.35. The molecule has 0 radical (unpaired) electrons. The highest BCUT2D eigenvalue weighted by molar-refractivity contribution is 7.75. The van der Waals surface area contributed by atoms with E-state index >= 15 is 0 Å². The third-order valence-electron chi connectivity index (χ3n) is 5.25. The third-order valence-corrected chi connectivity index (χ3v) is 5.67. The summed E-state index contributed by atoms with van der Waals surface area (Å²) in [4.78, 5) is 0. The third kappa shape index (κ3) is 8.47. The van der Waals surface area contributed by atoms with Gasteiger partial charge in [0.1, 0.15) is 0 Å². The maximum absolute atomic E-state index is 5.37. The second-order valence-electron chi connectivity index (χ2n) is 7.74. The van der Waals surface area contributed by atoms with Crippen LogP contribution in [0.1, 0.15) is 78.6 Å². The maximum Gasteiger partial charge on any atom is 0.0772 e. The summed E-state index contributed by atoms with van der Waals surface area (Å²) in [7, 11) is 0. The predicted molar refractivity (Wildman–Crippen MR) is 101 cm³/mol. The first kappa shape index (κ1) is 20.7. The van der Waals surface area contributed by atoms with Crippen LogP contribution in [0, 0.1) is 23.7 Å². The zero-order chi connectivity index (χ0) is 16.4. The first-order valence-electron chi connectivity index (χ1n) is 9.13. The standard InChI is InChI=1S/C18H36O2S2/c1-14(2)6-4-7-15(3)8-5-9-16-10-11-17(13-19-21)18(12-16)20-22/h14-18,21-22H,4-13H2,1-3H3. The molecule has 0 spiro atoms. The summed E-state index contributed by atoms with van der Waals surface area (Å²) in [6, 6.07) is 0. The van der Waals surface area contributed by atoms with Crippen LogP contribution in [0.4, 0.5) is 0 Å². The smallest absolute Gasteiger partial charge is 0.0772 e. The molecule has 132 valence electrons. The Morgan fingerprint density at radius 2 is 1.73 bits per heavy atom. The van der Waals surface area contributed by atoms with Crippen LogP contribution in [0.15, 0.2) is 0 Å². The molecule has 0 aromatic rings. The molecule has 1 aliphatic carbocycles. The van der Waals surface area contributed by atoms with Gasteiger partial charge >= 0.3 is 0 Å². The highest BCUT2D eigenvalue weighted by Gasteiger charge is 2.30. The van der Waals surface area contributed by atoms with Crippen LogP contribution in [-0.2, 0) is 8.37 Å². The molecular weight excluding hydrogens is 312 g/mol. The zero-order valence-corrected chi connectivity index (χ0v) is 16.5. The quantitative estimate of drug-likeness (QED) is 0.346. The van der Waals surface area contributed by atoms with Gasteiger partial charge in [0.05, 0.1) is 12.7 Å². The highest BCUT2D eigenvalue weighted by atomic mass is 32.1. The summed E-state index contributed by atoms with van der Waals surface area (Å²) < 4.78 is 10.4. The molecule has 1 fully saturated rings. The molecule has 0 N–H and O–H groups in total. The first-order chi connectivity index (χ1) is 10.6. The average Bonchev–Trinajstić information content (AvgIpc) is 2.48. The van der Waals surface area contributed by atoms with E-state index in [1.807, 2.05) is 0 Å². The van der Waals surface area contributed by atoms with Gasteiger partial charge in [-0.05, 0) is 62.8 Å². The number of rotatable bonds is 11. The summed E-state index contributed by atoms with van der Waals surface area (Å²) in [5.41, 5.74) is 0. The normalized spacial score (nSPS) is 27.3. The van der Waals surface area contributed by atoms with Gasteiger partial charge in [0.25, 0.3) is 0 Å². The summed E-state index contributed by atoms with van der Waals surface area (Å²) in [6.07, 6.45) is 12.1. The van der Waals surface area contributed by atoms with Crippen molar-refractivity contribution in [1.29, 1.82) is 0 Å². The van der Waals surface area contributed by atoms with Crippen LogP contribution in [0.3, 0.4) is 0 Å². The van der Waals surface area contributed by atoms with Crippen LogP contribution < -0.4 is 0 Å². The molecule has 0 saturated heterocycles. The van der Waals surface area contributed by atoms with E-state index in [1.54, 1.807) is 0 Å². The van der Waals surface area contributed by atoms with Crippen molar-refractivity contribution in [3.63, 3.8) is 0 Å². The van der Waals surface area contributed by atoms with E-state index in [-0.39, 0.29) is 6.10 Å². The Balaban J connectivity index is 2.14. The fourth-order valence-corrected chi connectivity index (χ4v) is 4.18. The molecule has 0 amide bonds. The Labute approximate surface area is 149 Å². The fraction of sp³-hybridized carbons (Fsp3) is 1.00. The summed E-state index contributed by atoms with van der Waals surface area (Å²) in [6.45, 7) is 7.73. The lowest BCUT2D eigenvalue weighted by Crippen LogP contribution is -2.32. The molecule has 0 aliphatic heterocycles. The molecule has 4 heteroatoms. The Bertz CT molecular complexity index is 274. The van der Waals surface area contributed by atoms with Crippen LogP contribution >= 0.6 is 25.8 Å². The van der Waals surface area contributed by atoms with Crippen molar-refractivity contribution in [3.05, 3.63) is 0 Å². The van der Waals surface area contributed by atoms with Gasteiger partial charge in [0.15, 0.2) is 0 Å². The van der Waals surface area contributed by atoms with Gasteiger partial charge in [-0.1, -0.05) is 59.3 Å². The van der Waals surface area contributed by atoms with Crippen molar-refractivity contribution in [2.24, 2.45) is 23.7 Å². The Morgan fingerprint density at radius 1 is 1.00 bits per heavy atom. The maximum atomic E-state index is 5.37. The van der Waals surface area contributed by atoms with Gasteiger partial charge in [0, 0.05) is 5.92 Å². The van der Waals surface area contributed by atoms with E-state index < -0.39 is 0 Å². The lowest BCUT2D eigenvalue weighted by atomic mass is 9.78. The number of thiol groups is 2. The molecule has 1 saturated carbocycles. The van der Waals surface area contributed by atoms with Crippen LogP contribution in [0.2, 0.25) is 0 Å². The minimum absolute atomic E-state index is 0.234. The lowest BCUT2D eigenvalue weighted by Gasteiger charge is -2.34. The van der Waals surface area contributed by atoms with Crippen LogP contribution in [0.5, 0.6) is 0 Å². The first-order valence-corrected chi connectivity index (χ1v) is 9.86. The number of hydrogen-bond acceptors (Lipinski definition) is 4. The minimum atomic E-state index is 0.234. The molecule has 0 heterocycles. The molecule has 22 heavy (non-hydrogen) atoms. The van der Waals surface area contributed by atoms with Crippen molar-refractivity contribution in [3.8, 4) is 0 Å². The van der Waals surface area contributed by atoms with E-state index in [2.05, 4.69) is 46.6 Å². The van der Waals surface area contributed by atoms with Crippen LogP contribution in [-0.4, -0.2) is 12.7 Å². The van der Waals surface area contributed by atoms with Crippen LogP contribution in [0.25, 0.3) is 0 Å². The van der Waals surface area contributed by atoms with Gasteiger partial charge in [0.2, 0.25) is 0 Å². The summed E-state index contributed by atoms with van der Waals surface area (Å²) >= 11 is 7.93. The largest absolute Gasteiger partial charge is 0.318 e. The van der Waals surface area contributed by atoms with Crippen molar-refractivity contribution in [2.75, 3.05) is 6.61 Å². The molecular formula is C18H36O2S2. The van der Waals surface area contributed by atoms with Gasteiger partial charge in [-0.3, -0.25) is 0 Å². The van der Waals surface area contributed by atoms with E-state index in [4.69, 9.17) is 8.37 Å². The lowest BCUT2D eigenvalue weighted by molar-refractivity contribution is 0.0579. The van der Waals surface area contributed by atoms with Crippen molar-refractivity contribution in [2.45, 2.75) is 84.7 Å². The fourth-order valence-electron chi connectivity index (χ4n) is 3.73. The minimum Gasteiger partial charge on any atom is -0.318 e. The van der Waals surface area contributed by atoms with Gasteiger partial charge in [-0.2, -0.15) is 0 Å². The average molecular weight is 349 g/mol. The summed E-state index contributed by atoms with van der Waals surface area (Å²) in [5.74, 6) is 2.99. The molecule has 2 nitrogen and oxygen atoms in total. The Hall–Kier alpha value is 0.620. The topological polar surface area (TPSA) is 18.5 Å². The molecule has 0 bridgehead atoms. The zero-order valence-electron chi connectivity index (χ0n) is 14.7. The van der Waals surface area contributed by atoms with Gasteiger partial charge in [-0.25, -0.2) is 0 Å². The summed E-state index contributed by atoms with van der Waals surface area (Å²) in [5, 5.41) is 0. The second-order valence-corrected chi connectivity index (χ2v) is 8.21. The molecule has 1 rings (SSSR count). The van der Waals surface area contributed by atoms with Crippen molar-refractivity contribution in [1.82, 2.24) is 0 Å². The Morgan fingerprint density at radius 3 is 2.36 bits per heavy atom. The molecule has 4 atom stereocenters. The van der Waals surface area contributed by atoms with E-state index in [9.17, 15) is 0 Å². The second kappa shape index (κ2) is 12.0. The van der Waals surface area contributed by atoms with E-state index in [0.29, 0.717) is 12.5 Å². The van der Waals surface area contributed by atoms with Gasteiger partial charge < -0.3 is 8.37 Å². The van der Waals surface area contributed by atoms with E-state index in [0.717, 1.165) is 24.2 Å². The monoisotopic (exact) mass is 348 g/mol. The van der Waals surface area contributed by atoms with Gasteiger partial charge in [-0.15, -0.1) is 0 Å². The Kier molecular flexibility index (Phi) is 11.3. The van der Waals surface area contributed by atoms with Crippen molar-refractivity contribution >= 4 is 25.8 Å². The van der Waals surface area contributed by atoms with E-state index in [1.165, 1.54) is 51.4 Å². The predicted octanol–water partition coefficient (Wildman–Crippen LogP) is 6.13. The van der Waals surface area contributed by atoms with Crippen molar-refractivity contribution < 1.29 is 8.37 Å². The molecule has 1 aliphatic rings.